The van der Waals surface area contributed by atoms with E-state index in [4.69, 9.17) is 4.42 Å². The van der Waals surface area contributed by atoms with E-state index >= 15 is 0 Å². The third-order valence-electron chi connectivity index (χ3n) is 5.04. The van der Waals surface area contributed by atoms with Crippen molar-refractivity contribution in [3.8, 4) is 11.3 Å². The molecular weight excluding hydrogens is 460 g/mol. The van der Waals surface area contributed by atoms with Crippen LogP contribution in [0.4, 0.5) is 5.69 Å². The van der Waals surface area contributed by atoms with E-state index in [9.17, 15) is 14.7 Å². The summed E-state index contributed by atoms with van der Waals surface area (Å²) in [4.78, 5) is 24.5. The molecule has 0 aliphatic carbocycles. The minimum Gasteiger partial charge on any atom is -0.478 e. The van der Waals surface area contributed by atoms with Crippen LogP contribution in [0.3, 0.4) is 0 Å². The number of rotatable bonds is 5. The van der Waals surface area contributed by atoms with Crippen molar-refractivity contribution in [3.05, 3.63) is 81.5 Å². The molecule has 0 bridgehead atoms. The van der Waals surface area contributed by atoms with Gasteiger partial charge in [0, 0.05) is 10.0 Å². The van der Waals surface area contributed by atoms with Gasteiger partial charge in [-0.25, -0.2) is 4.79 Å². The smallest absolute Gasteiger partial charge is 0.336 e. The highest BCUT2D eigenvalue weighted by Gasteiger charge is 2.29. The van der Waals surface area contributed by atoms with Crippen molar-refractivity contribution in [2.45, 2.75) is 20.3 Å². The second-order valence-electron chi connectivity index (χ2n) is 7.08. The zero-order valence-electron chi connectivity index (χ0n) is 16.9. The number of carbonyl (C=O) groups excluding carboxylic acids is 1. The molecule has 0 saturated carbocycles. The van der Waals surface area contributed by atoms with Crippen LogP contribution in [0.15, 0.2) is 74.2 Å². The largest absolute Gasteiger partial charge is 0.478 e. The number of carbonyl (C=O) groups is 2. The van der Waals surface area contributed by atoms with Crippen LogP contribution in [0, 0.1) is 0 Å². The molecule has 1 aromatic heterocycles. The van der Waals surface area contributed by atoms with Crippen LogP contribution in [-0.4, -0.2) is 22.7 Å². The molecular formula is C24H19BrN2O4. The maximum Gasteiger partial charge on any atom is 0.336 e. The van der Waals surface area contributed by atoms with Gasteiger partial charge in [-0.15, -0.1) is 0 Å². The van der Waals surface area contributed by atoms with Crippen molar-refractivity contribution in [1.29, 1.82) is 0 Å². The predicted octanol–water partition coefficient (Wildman–Crippen LogP) is 5.78. The number of halogens is 1. The molecule has 1 N–H and O–H groups in total. The molecule has 0 fully saturated rings. The van der Waals surface area contributed by atoms with Crippen molar-refractivity contribution in [2.75, 3.05) is 5.01 Å². The van der Waals surface area contributed by atoms with E-state index in [1.807, 2.05) is 24.3 Å². The quantitative estimate of drug-likeness (QED) is 0.471. The van der Waals surface area contributed by atoms with Crippen molar-refractivity contribution < 1.29 is 19.1 Å². The van der Waals surface area contributed by atoms with Crippen LogP contribution in [-0.2, 0) is 11.2 Å². The number of aromatic carboxylic acids is 1. The SMILES string of the molecule is CCc1ccc(N2N=C(C)/C(=C/c3ccc(-c4ccc(Br)cc4C(=O)O)o3)C2=O)cc1. The van der Waals surface area contributed by atoms with E-state index in [1.54, 1.807) is 37.3 Å². The molecule has 1 amide bonds. The molecule has 0 unspecified atom stereocenters. The van der Waals surface area contributed by atoms with Gasteiger partial charge in [0.25, 0.3) is 5.91 Å². The topological polar surface area (TPSA) is 83.1 Å². The Morgan fingerprint density at radius 1 is 1.16 bits per heavy atom. The Labute approximate surface area is 187 Å². The lowest BCUT2D eigenvalue weighted by Gasteiger charge is -2.12. The van der Waals surface area contributed by atoms with Gasteiger partial charge < -0.3 is 9.52 Å². The third kappa shape index (κ3) is 4.09. The van der Waals surface area contributed by atoms with Gasteiger partial charge in [-0.05, 0) is 67.4 Å². The molecule has 0 atom stereocenters. The van der Waals surface area contributed by atoms with E-state index in [-0.39, 0.29) is 11.5 Å². The van der Waals surface area contributed by atoms with Gasteiger partial charge >= 0.3 is 5.97 Å². The Balaban J connectivity index is 1.63. The van der Waals surface area contributed by atoms with E-state index < -0.39 is 5.97 Å². The van der Waals surface area contributed by atoms with Gasteiger partial charge in [0.15, 0.2) is 0 Å². The number of benzene rings is 2. The number of nitrogens with zero attached hydrogens (tertiary/aromatic N) is 2. The molecule has 31 heavy (non-hydrogen) atoms. The average Bonchev–Trinajstić information content (AvgIpc) is 3.34. The lowest BCUT2D eigenvalue weighted by Crippen LogP contribution is -2.21. The van der Waals surface area contributed by atoms with Crippen LogP contribution in [0.2, 0.25) is 0 Å². The number of hydrogen-bond donors (Lipinski definition) is 1. The third-order valence-corrected chi connectivity index (χ3v) is 5.54. The molecule has 0 radical (unpaired) electrons. The van der Waals surface area contributed by atoms with E-state index in [0.717, 1.165) is 6.42 Å². The Morgan fingerprint density at radius 3 is 2.58 bits per heavy atom. The number of anilines is 1. The maximum atomic E-state index is 13.0. The van der Waals surface area contributed by atoms with Gasteiger partial charge in [-0.1, -0.05) is 35.0 Å². The van der Waals surface area contributed by atoms with Crippen molar-refractivity contribution in [3.63, 3.8) is 0 Å². The number of furan rings is 1. The zero-order chi connectivity index (χ0) is 22.1. The van der Waals surface area contributed by atoms with Gasteiger partial charge in [-0.3, -0.25) is 4.79 Å². The molecule has 2 heterocycles. The van der Waals surface area contributed by atoms with Crippen LogP contribution < -0.4 is 5.01 Å². The predicted molar refractivity (Wildman–Crippen MR) is 123 cm³/mol. The monoisotopic (exact) mass is 478 g/mol. The lowest BCUT2D eigenvalue weighted by atomic mass is 10.1. The zero-order valence-corrected chi connectivity index (χ0v) is 18.5. The number of amides is 1. The lowest BCUT2D eigenvalue weighted by molar-refractivity contribution is -0.114. The summed E-state index contributed by atoms with van der Waals surface area (Å²) >= 11 is 3.29. The second-order valence-corrected chi connectivity index (χ2v) is 7.99. The molecule has 2 aromatic carbocycles. The molecule has 0 saturated heterocycles. The Morgan fingerprint density at radius 2 is 1.90 bits per heavy atom. The average molecular weight is 479 g/mol. The summed E-state index contributed by atoms with van der Waals surface area (Å²) in [5, 5.41) is 15.3. The molecule has 4 rings (SSSR count). The van der Waals surface area contributed by atoms with E-state index in [2.05, 4.69) is 28.0 Å². The van der Waals surface area contributed by atoms with Crippen molar-refractivity contribution >= 4 is 45.3 Å². The highest BCUT2D eigenvalue weighted by atomic mass is 79.9. The minimum absolute atomic E-state index is 0.124. The van der Waals surface area contributed by atoms with Crippen molar-refractivity contribution in [2.24, 2.45) is 5.10 Å². The molecule has 156 valence electrons. The summed E-state index contributed by atoms with van der Waals surface area (Å²) in [5.74, 6) is -0.444. The summed E-state index contributed by atoms with van der Waals surface area (Å²) in [7, 11) is 0. The summed E-state index contributed by atoms with van der Waals surface area (Å²) < 4.78 is 6.51. The summed E-state index contributed by atoms with van der Waals surface area (Å²) in [6, 6.07) is 16.1. The van der Waals surface area contributed by atoms with E-state index in [0.29, 0.717) is 38.5 Å². The maximum absolute atomic E-state index is 13.0. The van der Waals surface area contributed by atoms with Gasteiger partial charge in [-0.2, -0.15) is 10.1 Å². The van der Waals surface area contributed by atoms with Crippen LogP contribution in [0.5, 0.6) is 0 Å². The molecule has 1 aliphatic rings. The van der Waals surface area contributed by atoms with Gasteiger partial charge in [0.1, 0.15) is 11.5 Å². The highest BCUT2D eigenvalue weighted by molar-refractivity contribution is 9.10. The van der Waals surface area contributed by atoms with Gasteiger partial charge in [0.2, 0.25) is 0 Å². The van der Waals surface area contributed by atoms with E-state index in [1.165, 1.54) is 16.6 Å². The van der Waals surface area contributed by atoms with Crippen LogP contribution in [0.25, 0.3) is 17.4 Å². The molecule has 3 aromatic rings. The Hall–Kier alpha value is -3.45. The summed E-state index contributed by atoms with van der Waals surface area (Å²) in [5.41, 5.74) is 3.47. The molecule has 6 nitrogen and oxygen atoms in total. The number of aryl methyl sites for hydroxylation is 1. The van der Waals surface area contributed by atoms with Crippen LogP contribution >= 0.6 is 15.9 Å². The normalized spacial score (nSPS) is 14.9. The summed E-state index contributed by atoms with van der Waals surface area (Å²) in [6.07, 6.45) is 2.55. The molecule has 1 aliphatic heterocycles. The first kappa shape index (κ1) is 20.8. The molecule has 7 heteroatoms. The summed E-state index contributed by atoms with van der Waals surface area (Å²) in [6.45, 7) is 3.84. The standard InChI is InChI=1S/C24H19BrN2O4/c1-3-15-4-7-17(8-5-15)27-23(28)20(14(2)26-27)13-18-9-11-22(31-18)19-10-6-16(25)12-21(19)24(29)30/h4-13H,3H2,1-2H3,(H,29,30)/b20-13-. The first-order valence-corrected chi connectivity index (χ1v) is 10.5. The van der Waals surface area contributed by atoms with Gasteiger partial charge in [0.05, 0.1) is 22.5 Å². The first-order valence-electron chi connectivity index (χ1n) is 9.71. The number of carboxylic acids is 1. The molecule has 0 spiro atoms. The second kappa shape index (κ2) is 8.35. The Kier molecular flexibility index (Phi) is 5.61. The number of hydrogen-bond acceptors (Lipinski definition) is 4. The fourth-order valence-electron chi connectivity index (χ4n) is 3.36. The fraction of sp³-hybridized carbons (Fsp3) is 0.125. The first-order chi connectivity index (χ1) is 14.9. The Bertz CT molecular complexity index is 1240. The minimum atomic E-state index is -1.05. The number of hydrazone groups is 1. The fourth-order valence-corrected chi connectivity index (χ4v) is 3.72. The highest BCUT2D eigenvalue weighted by Crippen LogP contribution is 2.30. The van der Waals surface area contributed by atoms with Crippen LogP contribution in [0.1, 0.15) is 35.5 Å². The van der Waals surface area contributed by atoms with Crippen molar-refractivity contribution in [1.82, 2.24) is 0 Å². The number of carboxylic acid groups (broad SMARTS) is 1.